The Kier molecular flexibility index (Phi) is 4.74. The lowest BCUT2D eigenvalue weighted by Crippen LogP contribution is -2.50. The topological polar surface area (TPSA) is 73.9 Å². The largest absolute Gasteiger partial charge is 0.497 e. The molecular formula is C21H27NO5. The molecule has 0 saturated heterocycles. The third-order valence-electron chi connectivity index (χ3n) is 6.49. The van der Waals surface area contributed by atoms with Crippen LogP contribution in [0.4, 0.5) is 5.69 Å². The molecule has 0 aliphatic heterocycles. The Hall–Kier alpha value is -2.24. The monoisotopic (exact) mass is 373 g/mol. The lowest BCUT2D eigenvalue weighted by molar-refractivity contribution is -0.172. The molecule has 0 unspecified atom stereocenters. The summed E-state index contributed by atoms with van der Waals surface area (Å²) in [5.74, 6) is 2.57. The van der Waals surface area contributed by atoms with Gasteiger partial charge in [0.15, 0.2) is 6.61 Å². The van der Waals surface area contributed by atoms with Crippen molar-refractivity contribution in [1.29, 1.82) is 0 Å². The van der Waals surface area contributed by atoms with Crippen molar-refractivity contribution in [2.24, 2.45) is 23.2 Å². The Morgan fingerprint density at radius 2 is 1.67 bits per heavy atom. The van der Waals surface area contributed by atoms with Gasteiger partial charge in [-0.05, 0) is 68.4 Å². The molecule has 146 valence electrons. The van der Waals surface area contributed by atoms with Gasteiger partial charge in [-0.15, -0.1) is 0 Å². The first kappa shape index (κ1) is 18.1. The Labute approximate surface area is 159 Å². The Morgan fingerprint density at radius 3 is 2.22 bits per heavy atom. The first-order chi connectivity index (χ1) is 13.0. The van der Waals surface area contributed by atoms with E-state index in [0.717, 1.165) is 19.3 Å². The van der Waals surface area contributed by atoms with Gasteiger partial charge < -0.3 is 19.5 Å². The van der Waals surface area contributed by atoms with Crippen LogP contribution in [-0.4, -0.2) is 32.7 Å². The number of rotatable bonds is 6. The van der Waals surface area contributed by atoms with Crippen molar-refractivity contribution >= 4 is 17.6 Å². The number of amides is 1. The Morgan fingerprint density at radius 1 is 1.04 bits per heavy atom. The van der Waals surface area contributed by atoms with Crippen LogP contribution in [0.25, 0.3) is 0 Å². The van der Waals surface area contributed by atoms with E-state index in [0.29, 0.717) is 34.9 Å². The van der Waals surface area contributed by atoms with Crippen LogP contribution in [0.1, 0.15) is 38.5 Å². The summed E-state index contributed by atoms with van der Waals surface area (Å²) in [6.07, 6.45) is 6.60. The molecule has 4 aliphatic carbocycles. The van der Waals surface area contributed by atoms with Crippen molar-refractivity contribution in [3.05, 3.63) is 18.2 Å². The minimum Gasteiger partial charge on any atom is -0.497 e. The average Bonchev–Trinajstić information content (AvgIpc) is 2.65. The molecule has 0 atom stereocenters. The zero-order valence-corrected chi connectivity index (χ0v) is 16.0. The fourth-order valence-corrected chi connectivity index (χ4v) is 5.74. The number of nitrogens with one attached hydrogen (secondary N) is 1. The smallest absolute Gasteiger partial charge is 0.312 e. The van der Waals surface area contributed by atoms with E-state index in [2.05, 4.69) is 5.32 Å². The quantitative estimate of drug-likeness (QED) is 0.774. The molecule has 0 aromatic heterocycles. The Bertz CT molecular complexity index is 709. The molecule has 1 amide bonds. The van der Waals surface area contributed by atoms with Crippen LogP contribution in [0.2, 0.25) is 0 Å². The van der Waals surface area contributed by atoms with Crippen LogP contribution in [0.3, 0.4) is 0 Å². The molecule has 1 aromatic rings. The maximum atomic E-state index is 12.8. The van der Waals surface area contributed by atoms with E-state index in [9.17, 15) is 9.59 Å². The second kappa shape index (κ2) is 7.06. The predicted molar refractivity (Wildman–Crippen MR) is 99.7 cm³/mol. The van der Waals surface area contributed by atoms with Gasteiger partial charge in [-0.2, -0.15) is 0 Å². The predicted octanol–water partition coefficient (Wildman–Crippen LogP) is 3.40. The highest BCUT2D eigenvalue weighted by Gasteiger charge is 2.55. The molecule has 0 spiro atoms. The second-order valence-electron chi connectivity index (χ2n) is 8.39. The van der Waals surface area contributed by atoms with E-state index in [1.54, 1.807) is 25.3 Å². The van der Waals surface area contributed by atoms with Gasteiger partial charge in [0.1, 0.15) is 11.5 Å². The number of anilines is 1. The normalized spacial score (nSPS) is 30.7. The van der Waals surface area contributed by atoms with Gasteiger partial charge in [-0.1, -0.05) is 0 Å². The molecule has 4 bridgehead atoms. The molecule has 0 heterocycles. The highest BCUT2D eigenvalue weighted by molar-refractivity contribution is 5.94. The van der Waals surface area contributed by atoms with Gasteiger partial charge in [-0.25, -0.2) is 0 Å². The molecule has 6 heteroatoms. The average molecular weight is 373 g/mol. The van der Waals surface area contributed by atoms with Gasteiger partial charge in [0.2, 0.25) is 0 Å². The first-order valence-corrected chi connectivity index (χ1v) is 9.70. The van der Waals surface area contributed by atoms with Crippen molar-refractivity contribution < 1.29 is 23.8 Å². The summed E-state index contributed by atoms with van der Waals surface area (Å²) in [5, 5.41) is 2.74. The summed E-state index contributed by atoms with van der Waals surface area (Å²) < 4.78 is 15.9. The van der Waals surface area contributed by atoms with E-state index in [1.807, 2.05) is 0 Å². The summed E-state index contributed by atoms with van der Waals surface area (Å²) >= 11 is 0. The Balaban J connectivity index is 1.36. The molecule has 6 nitrogen and oxygen atoms in total. The fraction of sp³-hybridized carbons (Fsp3) is 0.619. The summed E-state index contributed by atoms with van der Waals surface area (Å²) in [7, 11) is 3.09. The molecule has 1 aromatic carbocycles. The van der Waals surface area contributed by atoms with E-state index in [1.165, 1.54) is 26.4 Å². The highest BCUT2D eigenvalue weighted by Crippen LogP contribution is 2.60. The number of esters is 1. The number of hydrogen-bond acceptors (Lipinski definition) is 5. The zero-order chi connectivity index (χ0) is 19.0. The molecule has 5 rings (SSSR count). The second-order valence-corrected chi connectivity index (χ2v) is 8.39. The molecule has 27 heavy (non-hydrogen) atoms. The van der Waals surface area contributed by atoms with Gasteiger partial charge in [0.05, 0.1) is 25.3 Å². The summed E-state index contributed by atoms with van der Waals surface area (Å²) in [6.45, 7) is -0.277. The highest BCUT2D eigenvalue weighted by atomic mass is 16.5. The molecule has 0 radical (unpaired) electrons. The van der Waals surface area contributed by atoms with Crippen molar-refractivity contribution in [3.8, 4) is 11.5 Å². The van der Waals surface area contributed by atoms with Crippen molar-refractivity contribution in [2.75, 3.05) is 26.1 Å². The molecule has 4 saturated carbocycles. The maximum Gasteiger partial charge on any atom is 0.312 e. The maximum absolute atomic E-state index is 12.8. The van der Waals surface area contributed by atoms with Gasteiger partial charge in [0, 0.05) is 6.07 Å². The van der Waals surface area contributed by atoms with E-state index >= 15 is 0 Å². The lowest BCUT2D eigenvalue weighted by Gasteiger charge is -2.55. The summed E-state index contributed by atoms with van der Waals surface area (Å²) in [4.78, 5) is 25.2. The molecule has 1 N–H and O–H groups in total. The zero-order valence-electron chi connectivity index (χ0n) is 16.0. The van der Waals surface area contributed by atoms with Crippen LogP contribution >= 0.6 is 0 Å². The lowest BCUT2D eigenvalue weighted by atomic mass is 9.49. The summed E-state index contributed by atoms with van der Waals surface area (Å²) in [6, 6.07) is 5.15. The van der Waals surface area contributed by atoms with Gasteiger partial charge in [0.25, 0.3) is 5.91 Å². The number of benzene rings is 1. The van der Waals surface area contributed by atoms with Crippen LogP contribution in [0.15, 0.2) is 18.2 Å². The van der Waals surface area contributed by atoms with Crippen LogP contribution in [-0.2, 0) is 14.3 Å². The van der Waals surface area contributed by atoms with Gasteiger partial charge >= 0.3 is 5.97 Å². The minimum atomic E-state index is -0.375. The van der Waals surface area contributed by atoms with Crippen molar-refractivity contribution in [1.82, 2.24) is 0 Å². The number of carbonyl (C=O) groups excluding carboxylic acids is 2. The number of methoxy groups -OCH3 is 2. The summed E-state index contributed by atoms with van der Waals surface area (Å²) in [5.41, 5.74) is 0.149. The van der Waals surface area contributed by atoms with Crippen LogP contribution < -0.4 is 14.8 Å². The van der Waals surface area contributed by atoms with E-state index in [4.69, 9.17) is 14.2 Å². The van der Waals surface area contributed by atoms with E-state index < -0.39 is 0 Å². The minimum absolute atomic E-state index is 0.186. The van der Waals surface area contributed by atoms with Crippen LogP contribution in [0.5, 0.6) is 11.5 Å². The third kappa shape index (κ3) is 3.49. The fourth-order valence-electron chi connectivity index (χ4n) is 5.74. The van der Waals surface area contributed by atoms with Crippen LogP contribution in [0, 0.1) is 23.2 Å². The molecule has 4 aliphatic rings. The standard InChI is InChI=1S/C21H27NO5/c1-25-16-3-4-18(26-2)17(8-16)22-19(23)12-27-20(24)21-9-13-5-14(10-21)7-15(6-13)11-21/h3-4,8,13-15H,5-7,9-12H2,1-2H3,(H,22,23). The third-order valence-corrected chi connectivity index (χ3v) is 6.49. The van der Waals surface area contributed by atoms with Gasteiger partial charge in [-0.3, -0.25) is 9.59 Å². The van der Waals surface area contributed by atoms with Crippen molar-refractivity contribution in [3.63, 3.8) is 0 Å². The molecular weight excluding hydrogens is 346 g/mol. The van der Waals surface area contributed by atoms with Crippen molar-refractivity contribution in [2.45, 2.75) is 38.5 Å². The number of ether oxygens (including phenoxy) is 3. The van der Waals surface area contributed by atoms with E-state index in [-0.39, 0.29) is 23.9 Å². The SMILES string of the molecule is COc1ccc(OC)c(NC(=O)COC(=O)C23CC4CC(CC(C4)C2)C3)c1. The molecule has 4 fully saturated rings. The first-order valence-electron chi connectivity index (χ1n) is 9.70. The number of carbonyl (C=O) groups is 2. The number of hydrogen-bond donors (Lipinski definition) is 1.